The van der Waals surface area contributed by atoms with E-state index in [1.807, 2.05) is 24.4 Å². The Balaban J connectivity index is 0.895. The SMILES string of the molecule is NC(=O)C(CCCCNC(=O)c1ccc([N+](=O)[O-])o1)NC(=O)CCOCCOCCNC(=O)C1CCN(C(=O)CCOCCOCCNC(=O)CCCc2c[nH]c3ccccc23)CC1. The van der Waals surface area contributed by atoms with E-state index in [4.69, 9.17) is 29.1 Å². The van der Waals surface area contributed by atoms with Crippen LogP contribution < -0.4 is 27.0 Å². The summed E-state index contributed by atoms with van der Waals surface area (Å²) in [5.74, 6) is -2.73. The van der Waals surface area contributed by atoms with E-state index in [0.29, 0.717) is 78.1 Å². The number of unbranched alkanes of at least 4 members (excludes halogenated alkanes) is 1. The number of carbonyl (C=O) groups is 6. The number of hydrogen-bond donors (Lipinski definition) is 6. The van der Waals surface area contributed by atoms with Crippen molar-refractivity contribution in [3.05, 3.63) is 64.0 Å². The van der Waals surface area contributed by atoms with Gasteiger partial charge in [-0.2, -0.15) is 0 Å². The van der Waals surface area contributed by atoms with Crippen LogP contribution in [-0.4, -0.2) is 142 Å². The Morgan fingerprint density at radius 1 is 0.781 bits per heavy atom. The van der Waals surface area contributed by atoms with Gasteiger partial charge in [0.2, 0.25) is 29.5 Å². The summed E-state index contributed by atoms with van der Waals surface area (Å²) in [6, 6.07) is 9.51. The van der Waals surface area contributed by atoms with E-state index in [1.165, 1.54) is 17.0 Å². The molecule has 7 N–H and O–H groups in total. The maximum absolute atomic E-state index is 12.6. The second-order valence-electron chi connectivity index (χ2n) is 15.1. The molecule has 64 heavy (non-hydrogen) atoms. The maximum atomic E-state index is 12.6. The summed E-state index contributed by atoms with van der Waals surface area (Å²) < 4.78 is 26.9. The van der Waals surface area contributed by atoms with Crippen molar-refractivity contribution >= 4 is 52.2 Å². The number of benzene rings is 1. The molecular weight excluding hydrogens is 837 g/mol. The van der Waals surface area contributed by atoms with Crippen LogP contribution in [0.5, 0.6) is 0 Å². The van der Waals surface area contributed by atoms with E-state index in [-0.39, 0.29) is 88.2 Å². The summed E-state index contributed by atoms with van der Waals surface area (Å²) in [5, 5.41) is 22.8. The fourth-order valence-electron chi connectivity index (χ4n) is 6.90. The summed E-state index contributed by atoms with van der Waals surface area (Å²) in [6.07, 6.45) is 6.59. The molecule has 3 heterocycles. The van der Waals surface area contributed by atoms with E-state index in [1.54, 1.807) is 4.90 Å². The van der Waals surface area contributed by atoms with Crippen molar-refractivity contribution < 1.29 is 57.1 Å². The number of carbonyl (C=O) groups excluding carboxylic acids is 6. The number of amides is 6. The largest absolute Gasteiger partial charge is 0.433 e. The first-order valence-corrected chi connectivity index (χ1v) is 21.8. The number of nitro groups is 1. The molecule has 0 saturated carbocycles. The zero-order chi connectivity index (χ0) is 45.9. The predicted octanol–water partition coefficient (Wildman–Crippen LogP) is 1.88. The Morgan fingerprint density at radius 2 is 1.45 bits per heavy atom. The van der Waals surface area contributed by atoms with E-state index >= 15 is 0 Å². The van der Waals surface area contributed by atoms with Crippen LogP contribution in [-0.2, 0) is 49.3 Å². The van der Waals surface area contributed by atoms with Gasteiger partial charge in [0.25, 0.3) is 5.91 Å². The van der Waals surface area contributed by atoms with Gasteiger partial charge in [-0.25, -0.2) is 0 Å². The Bertz CT molecular complexity index is 1940. The molecule has 4 rings (SSSR count). The van der Waals surface area contributed by atoms with Crippen LogP contribution in [0, 0.1) is 16.0 Å². The quantitative estimate of drug-likeness (QED) is 0.0297. The summed E-state index contributed by atoms with van der Waals surface area (Å²) in [5.41, 5.74) is 7.74. The molecule has 1 aliphatic rings. The highest BCUT2D eigenvalue weighted by atomic mass is 16.6. The van der Waals surface area contributed by atoms with Gasteiger partial charge in [-0.3, -0.25) is 38.9 Å². The molecule has 1 saturated heterocycles. The van der Waals surface area contributed by atoms with Gasteiger partial charge in [0, 0.05) is 68.6 Å². The lowest BCUT2D eigenvalue weighted by Crippen LogP contribution is -2.44. The Hall–Kier alpha value is -5.90. The number of furan rings is 1. The molecule has 1 fully saturated rings. The molecule has 2 aromatic heterocycles. The van der Waals surface area contributed by atoms with Gasteiger partial charge in [0.05, 0.1) is 65.3 Å². The number of H-pyrrole nitrogens is 1. The molecule has 1 aromatic carbocycles. The van der Waals surface area contributed by atoms with Crippen molar-refractivity contribution in [2.45, 2.75) is 70.3 Å². The zero-order valence-corrected chi connectivity index (χ0v) is 36.2. The molecule has 352 valence electrons. The smallest absolute Gasteiger partial charge is 0.395 e. The van der Waals surface area contributed by atoms with Crippen LogP contribution in [0.25, 0.3) is 10.9 Å². The maximum Gasteiger partial charge on any atom is 0.433 e. The number of aryl methyl sites for hydroxylation is 1. The van der Waals surface area contributed by atoms with Gasteiger partial charge in [-0.05, 0) is 62.6 Å². The first-order chi connectivity index (χ1) is 31.0. The van der Waals surface area contributed by atoms with Crippen molar-refractivity contribution in [3.63, 3.8) is 0 Å². The summed E-state index contributed by atoms with van der Waals surface area (Å²) in [6.45, 7) is 4.14. The van der Waals surface area contributed by atoms with Crippen LogP contribution in [0.15, 0.2) is 47.0 Å². The number of para-hydroxylation sites is 1. The minimum Gasteiger partial charge on any atom is -0.395 e. The van der Waals surface area contributed by atoms with Gasteiger partial charge >= 0.3 is 5.88 Å². The minimum atomic E-state index is -0.897. The van der Waals surface area contributed by atoms with Gasteiger partial charge < -0.3 is 60.2 Å². The molecule has 21 nitrogen and oxygen atoms in total. The number of fused-ring (bicyclic) bond motifs is 1. The van der Waals surface area contributed by atoms with Gasteiger partial charge in [-0.1, -0.05) is 18.2 Å². The van der Waals surface area contributed by atoms with Crippen molar-refractivity contribution in [2.75, 3.05) is 85.6 Å². The number of ether oxygens (including phenoxy) is 4. The fourth-order valence-corrected chi connectivity index (χ4v) is 6.90. The lowest BCUT2D eigenvalue weighted by Gasteiger charge is -2.31. The van der Waals surface area contributed by atoms with E-state index in [2.05, 4.69) is 32.3 Å². The topological polar surface area (TPSA) is 289 Å². The molecule has 0 aliphatic carbocycles. The molecule has 21 heteroatoms. The molecule has 1 unspecified atom stereocenters. The predicted molar refractivity (Wildman–Crippen MR) is 232 cm³/mol. The van der Waals surface area contributed by atoms with Crippen molar-refractivity contribution in [2.24, 2.45) is 11.7 Å². The van der Waals surface area contributed by atoms with Crippen LogP contribution in [0.3, 0.4) is 0 Å². The van der Waals surface area contributed by atoms with Crippen molar-refractivity contribution in [1.82, 2.24) is 31.2 Å². The molecule has 1 atom stereocenters. The van der Waals surface area contributed by atoms with Crippen LogP contribution in [0.1, 0.15) is 73.9 Å². The Labute approximate surface area is 371 Å². The highest BCUT2D eigenvalue weighted by Gasteiger charge is 2.27. The number of aromatic nitrogens is 1. The first kappa shape index (κ1) is 50.7. The fraction of sp³-hybridized carbons (Fsp3) is 0.581. The number of hydrogen-bond acceptors (Lipinski definition) is 13. The lowest BCUT2D eigenvalue weighted by atomic mass is 9.95. The number of nitrogens with two attached hydrogens (primary N) is 1. The summed E-state index contributed by atoms with van der Waals surface area (Å²) in [7, 11) is 0. The second kappa shape index (κ2) is 28.7. The first-order valence-electron chi connectivity index (χ1n) is 21.8. The molecule has 1 aliphatic heterocycles. The Morgan fingerprint density at radius 3 is 2.14 bits per heavy atom. The van der Waals surface area contributed by atoms with Gasteiger partial charge in [0.1, 0.15) is 11.0 Å². The number of primary amides is 1. The summed E-state index contributed by atoms with van der Waals surface area (Å²) >= 11 is 0. The second-order valence-corrected chi connectivity index (χ2v) is 15.1. The van der Waals surface area contributed by atoms with Gasteiger partial charge in [0.15, 0.2) is 5.76 Å². The average Bonchev–Trinajstić information content (AvgIpc) is 3.96. The highest BCUT2D eigenvalue weighted by molar-refractivity contribution is 5.91. The molecule has 6 amide bonds. The number of piperidine rings is 1. The molecule has 3 aromatic rings. The third kappa shape index (κ3) is 18.8. The number of nitrogens with zero attached hydrogens (tertiary/aromatic N) is 2. The zero-order valence-electron chi connectivity index (χ0n) is 36.2. The number of aromatic amines is 1. The average molecular weight is 899 g/mol. The molecule has 0 spiro atoms. The van der Waals surface area contributed by atoms with Crippen LogP contribution in [0.2, 0.25) is 0 Å². The van der Waals surface area contributed by atoms with E-state index in [9.17, 15) is 38.9 Å². The minimum absolute atomic E-state index is 0.00155. The molecule has 0 bridgehead atoms. The molecular formula is C43H62N8O13. The van der Waals surface area contributed by atoms with Gasteiger partial charge in [-0.15, -0.1) is 0 Å². The van der Waals surface area contributed by atoms with Crippen molar-refractivity contribution in [3.8, 4) is 0 Å². The summed E-state index contributed by atoms with van der Waals surface area (Å²) in [4.78, 5) is 88.6. The third-order valence-corrected chi connectivity index (χ3v) is 10.4. The Kier molecular flexibility index (Phi) is 22.8. The number of likely N-dealkylation sites (tertiary alicyclic amines) is 1. The van der Waals surface area contributed by atoms with E-state index in [0.717, 1.165) is 24.4 Å². The molecule has 0 radical (unpaired) electrons. The van der Waals surface area contributed by atoms with Crippen LogP contribution >= 0.6 is 0 Å². The lowest BCUT2D eigenvalue weighted by molar-refractivity contribution is -0.402. The van der Waals surface area contributed by atoms with Crippen molar-refractivity contribution in [1.29, 1.82) is 0 Å². The van der Waals surface area contributed by atoms with Crippen LogP contribution in [0.4, 0.5) is 5.88 Å². The third-order valence-electron chi connectivity index (χ3n) is 10.4. The number of nitrogens with one attached hydrogen (secondary N) is 5. The standard InChI is InChI=1S/C43H62N8O13/c44-41(55)35(9-3-4-17-46-43(57)36-11-12-40(64-36)51(58)59)49-38(53)15-22-60-26-28-63-25-19-47-42(56)31-13-20-50(21-14-31)39(54)16-23-61-27-29-62-24-18-45-37(52)10-5-6-32-30-48-34-8-2-1-7-33(32)34/h1-2,7-8,11-12,30-31,35,48H,3-6,9-10,13-29H2,(H2,44,55)(H,45,52)(H,46,57)(H,47,56)(H,49,53). The van der Waals surface area contributed by atoms with E-state index < -0.39 is 34.6 Å². The normalized spacial score (nSPS) is 13.3. The highest BCUT2D eigenvalue weighted by Crippen LogP contribution is 2.20. The monoisotopic (exact) mass is 898 g/mol. The number of rotatable bonds is 32.